The molecule has 1 aliphatic heterocycles. The van der Waals surface area contributed by atoms with Gasteiger partial charge in [0, 0.05) is 6.54 Å². The summed E-state index contributed by atoms with van der Waals surface area (Å²) in [7, 11) is 0. The summed E-state index contributed by atoms with van der Waals surface area (Å²) in [5.74, 6) is -1.71. The largest absolute Gasteiger partial charge is 0.396 e. The second-order valence-corrected chi connectivity index (χ2v) is 4.08. The number of hydrogen-bond acceptors (Lipinski definition) is 4. The number of anilines is 1. The molecule has 1 aromatic rings. The zero-order valence-corrected chi connectivity index (χ0v) is 9.30. The van der Waals surface area contributed by atoms with Crippen LogP contribution < -0.4 is 11.1 Å². The molecular weight excluding hydrogens is 233 g/mol. The first kappa shape index (κ1) is 12.1. The fourth-order valence-corrected chi connectivity index (χ4v) is 1.92. The molecule has 0 aliphatic carbocycles. The number of rotatable bonds is 1. The maximum absolute atomic E-state index is 12.7. The van der Waals surface area contributed by atoms with Gasteiger partial charge in [0.2, 0.25) is 5.95 Å². The normalized spacial score (nSPS) is 17.6. The van der Waals surface area contributed by atoms with Gasteiger partial charge in [-0.3, -0.25) is 0 Å². The van der Waals surface area contributed by atoms with Crippen molar-refractivity contribution in [1.29, 1.82) is 0 Å². The predicted octanol–water partition coefficient (Wildman–Crippen LogP) is 1.37. The van der Waals surface area contributed by atoms with Crippen LogP contribution in [0.25, 0.3) is 0 Å². The molecule has 1 atom stereocenters. The van der Waals surface area contributed by atoms with Gasteiger partial charge >= 0.3 is 6.18 Å². The van der Waals surface area contributed by atoms with Crippen molar-refractivity contribution in [3.63, 3.8) is 0 Å². The van der Waals surface area contributed by atoms with Crippen LogP contribution in [0.1, 0.15) is 29.8 Å². The molecular formula is C10H13F3N4. The maximum Gasteiger partial charge on any atom is 0.396 e. The number of alkyl halides is 3. The monoisotopic (exact) mass is 246 g/mol. The molecule has 0 unspecified atom stereocenters. The maximum atomic E-state index is 12.7. The smallest absolute Gasteiger partial charge is 0.368 e. The quantitative estimate of drug-likeness (QED) is 0.785. The summed E-state index contributed by atoms with van der Waals surface area (Å²) in [6, 6.07) is 0. The third kappa shape index (κ3) is 2.33. The number of nitrogens with one attached hydrogen (secondary N) is 1. The highest BCUT2D eigenvalue weighted by atomic mass is 19.4. The first-order valence-corrected chi connectivity index (χ1v) is 5.32. The van der Waals surface area contributed by atoms with E-state index in [1.165, 1.54) is 0 Å². The average molecular weight is 246 g/mol. The van der Waals surface area contributed by atoms with E-state index in [2.05, 4.69) is 15.3 Å². The van der Waals surface area contributed by atoms with Crippen molar-refractivity contribution in [2.75, 3.05) is 12.3 Å². The van der Waals surface area contributed by atoms with E-state index >= 15 is 0 Å². The zero-order valence-electron chi connectivity index (χ0n) is 9.30. The number of halogens is 3. The van der Waals surface area contributed by atoms with E-state index in [9.17, 15) is 13.2 Å². The van der Waals surface area contributed by atoms with Crippen LogP contribution in [0.2, 0.25) is 0 Å². The first-order chi connectivity index (χ1) is 7.89. The molecule has 0 bridgehead atoms. The lowest BCUT2D eigenvalue weighted by Crippen LogP contribution is -2.29. The van der Waals surface area contributed by atoms with Crippen LogP contribution in [-0.4, -0.2) is 22.7 Å². The van der Waals surface area contributed by atoms with Gasteiger partial charge in [-0.1, -0.05) is 0 Å². The predicted molar refractivity (Wildman–Crippen MR) is 56.3 cm³/mol. The second kappa shape index (κ2) is 4.14. The van der Waals surface area contributed by atoms with Crippen molar-refractivity contribution >= 4 is 5.95 Å². The number of fused-ring (bicyclic) bond motifs is 1. The summed E-state index contributed by atoms with van der Waals surface area (Å²) >= 11 is 0. The van der Waals surface area contributed by atoms with Crippen molar-refractivity contribution in [1.82, 2.24) is 15.3 Å². The molecule has 3 N–H and O–H groups in total. The topological polar surface area (TPSA) is 63.8 Å². The molecule has 0 amide bonds. The van der Waals surface area contributed by atoms with E-state index in [-0.39, 0.29) is 11.6 Å². The number of aromatic nitrogens is 2. The average Bonchev–Trinajstić information content (AvgIpc) is 2.25. The molecule has 0 aromatic carbocycles. The van der Waals surface area contributed by atoms with E-state index < -0.39 is 12.1 Å². The molecule has 94 valence electrons. The molecule has 0 spiro atoms. The SMILES string of the molecule is C[C@@H](c1nc(N)nc2c1CCNC2)C(F)(F)F. The zero-order chi connectivity index (χ0) is 12.6. The van der Waals surface area contributed by atoms with Gasteiger partial charge in [0.05, 0.1) is 17.3 Å². The lowest BCUT2D eigenvalue weighted by molar-refractivity contribution is -0.147. The summed E-state index contributed by atoms with van der Waals surface area (Å²) < 4.78 is 38.2. The fraction of sp³-hybridized carbons (Fsp3) is 0.600. The van der Waals surface area contributed by atoms with Crippen LogP contribution in [0, 0.1) is 0 Å². The van der Waals surface area contributed by atoms with Crippen LogP contribution in [0.5, 0.6) is 0 Å². The minimum absolute atomic E-state index is 0.0153. The highest BCUT2D eigenvalue weighted by molar-refractivity contribution is 5.36. The van der Waals surface area contributed by atoms with Gasteiger partial charge in [-0.05, 0) is 25.5 Å². The Morgan fingerprint density at radius 3 is 2.71 bits per heavy atom. The van der Waals surface area contributed by atoms with Gasteiger partial charge in [0.1, 0.15) is 0 Å². The highest BCUT2D eigenvalue weighted by Gasteiger charge is 2.40. The molecule has 2 rings (SSSR count). The Balaban J connectivity index is 2.49. The van der Waals surface area contributed by atoms with Gasteiger partial charge in [-0.15, -0.1) is 0 Å². The van der Waals surface area contributed by atoms with Gasteiger partial charge < -0.3 is 11.1 Å². The van der Waals surface area contributed by atoms with E-state index in [1.54, 1.807) is 0 Å². The lowest BCUT2D eigenvalue weighted by atomic mass is 9.96. The van der Waals surface area contributed by atoms with Crippen molar-refractivity contribution in [3.8, 4) is 0 Å². The summed E-state index contributed by atoms with van der Waals surface area (Å²) in [6.45, 7) is 2.18. The van der Waals surface area contributed by atoms with Crippen LogP contribution in [0.3, 0.4) is 0 Å². The number of nitrogens with zero attached hydrogens (tertiary/aromatic N) is 2. The molecule has 0 fully saturated rings. The van der Waals surface area contributed by atoms with Gasteiger partial charge in [-0.2, -0.15) is 13.2 Å². The molecule has 7 heteroatoms. The Bertz CT molecular complexity index is 430. The van der Waals surface area contributed by atoms with Crippen molar-refractivity contribution in [2.45, 2.75) is 32.0 Å². The molecule has 0 radical (unpaired) electrons. The molecule has 4 nitrogen and oxygen atoms in total. The Kier molecular flexibility index (Phi) is 2.94. The minimum atomic E-state index is -4.31. The van der Waals surface area contributed by atoms with E-state index in [1.807, 2.05) is 0 Å². The second-order valence-electron chi connectivity index (χ2n) is 4.08. The van der Waals surface area contributed by atoms with Gasteiger partial charge in [-0.25, -0.2) is 9.97 Å². The van der Waals surface area contributed by atoms with E-state index in [4.69, 9.17) is 5.73 Å². The van der Waals surface area contributed by atoms with Crippen LogP contribution in [0.15, 0.2) is 0 Å². The molecule has 2 heterocycles. The molecule has 0 saturated heterocycles. The van der Waals surface area contributed by atoms with E-state index in [0.717, 1.165) is 6.92 Å². The Morgan fingerprint density at radius 2 is 2.06 bits per heavy atom. The molecule has 0 saturated carbocycles. The highest BCUT2D eigenvalue weighted by Crippen LogP contribution is 2.36. The van der Waals surface area contributed by atoms with Crippen molar-refractivity contribution in [2.24, 2.45) is 0 Å². The number of hydrogen-bond donors (Lipinski definition) is 2. The Hall–Kier alpha value is -1.37. The van der Waals surface area contributed by atoms with Crippen molar-refractivity contribution in [3.05, 3.63) is 17.0 Å². The third-order valence-electron chi connectivity index (χ3n) is 2.89. The van der Waals surface area contributed by atoms with Crippen LogP contribution in [-0.2, 0) is 13.0 Å². The first-order valence-electron chi connectivity index (χ1n) is 5.32. The van der Waals surface area contributed by atoms with Gasteiger partial charge in [0.15, 0.2) is 0 Å². The lowest BCUT2D eigenvalue weighted by Gasteiger charge is -2.23. The standard InChI is InChI=1S/C10H13F3N4/c1-5(10(11,12)13)8-6-2-3-15-4-7(6)16-9(14)17-8/h5,15H,2-4H2,1H3,(H2,14,16,17)/t5-/m0/s1. The van der Waals surface area contributed by atoms with E-state index in [0.29, 0.717) is 30.8 Å². The number of nitrogens with two attached hydrogens (primary N) is 1. The fourth-order valence-electron chi connectivity index (χ4n) is 1.92. The molecule has 17 heavy (non-hydrogen) atoms. The summed E-state index contributed by atoms with van der Waals surface area (Å²) in [4.78, 5) is 7.75. The van der Waals surface area contributed by atoms with Crippen molar-refractivity contribution < 1.29 is 13.2 Å². The molecule has 1 aromatic heterocycles. The number of nitrogen functional groups attached to an aromatic ring is 1. The summed E-state index contributed by atoms with van der Waals surface area (Å²) in [5.41, 5.74) is 6.63. The molecule has 1 aliphatic rings. The third-order valence-corrected chi connectivity index (χ3v) is 2.89. The van der Waals surface area contributed by atoms with Gasteiger partial charge in [0.25, 0.3) is 0 Å². The Labute approximate surface area is 96.4 Å². The van der Waals surface area contributed by atoms with Crippen LogP contribution in [0.4, 0.5) is 19.1 Å². The summed E-state index contributed by atoms with van der Waals surface area (Å²) in [6.07, 6.45) is -3.80. The Morgan fingerprint density at radius 1 is 1.35 bits per heavy atom. The summed E-state index contributed by atoms with van der Waals surface area (Å²) in [5, 5.41) is 3.05. The van der Waals surface area contributed by atoms with Crippen LogP contribution >= 0.6 is 0 Å². The minimum Gasteiger partial charge on any atom is -0.368 e.